The molecule has 0 aromatic heterocycles. The highest BCUT2D eigenvalue weighted by Gasteiger charge is 2.29. The fourth-order valence-corrected chi connectivity index (χ4v) is 3.92. The summed E-state index contributed by atoms with van der Waals surface area (Å²) in [7, 11) is -3.44. The van der Waals surface area contributed by atoms with Gasteiger partial charge in [-0.05, 0) is 25.5 Å². The largest absolute Gasteiger partial charge is 0.392 e. The average Bonchev–Trinajstić information content (AvgIpc) is 2.50. The van der Waals surface area contributed by atoms with Crippen LogP contribution in [-0.4, -0.2) is 24.9 Å². The number of rotatable bonds is 10. The molecule has 0 aliphatic carbocycles. The fraction of sp³-hybridized carbons (Fsp3) is 0.647. The van der Waals surface area contributed by atoms with Gasteiger partial charge in [0.1, 0.15) is 0 Å². The van der Waals surface area contributed by atoms with Crippen LogP contribution in [0.4, 0.5) is 0 Å². The van der Waals surface area contributed by atoms with Crippen LogP contribution in [0.3, 0.4) is 0 Å². The minimum absolute atomic E-state index is 0.291. The predicted octanol–water partition coefficient (Wildman–Crippen LogP) is 3.96. The van der Waals surface area contributed by atoms with Crippen LogP contribution in [0.5, 0.6) is 0 Å². The molecular formula is C17H28O3S. The number of aliphatic hydroxyl groups excluding tert-OH is 1. The Bertz CT molecular complexity index is 482. The first-order valence-corrected chi connectivity index (χ1v) is 9.51. The van der Waals surface area contributed by atoms with Gasteiger partial charge < -0.3 is 5.11 Å². The van der Waals surface area contributed by atoms with E-state index in [-0.39, 0.29) is 0 Å². The second-order valence-corrected chi connectivity index (χ2v) is 7.99. The molecular weight excluding hydrogens is 284 g/mol. The van der Waals surface area contributed by atoms with Crippen molar-refractivity contribution in [3.8, 4) is 0 Å². The molecule has 0 heterocycles. The first-order valence-electron chi connectivity index (χ1n) is 7.97. The molecule has 120 valence electrons. The molecule has 1 N–H and O–H groups in total. The molecule has 1 aromatic carbocycles. The standard InChI is InChI=1S/C17H28O3S/c1-3-4-5-6-7-11-14-17(18)15(2)21(19,20)16-12-9-8-10-13-16/h8-10,12-13,15,17-18H,3-7,11,14H2,1-2H3/t15-,17-/m0/s1. The summed E-state index contributed by atoms with van der Waals surface area (Å²) < 4.78 is 24.8. The summed E-state index contributed by atoms with van der Waals surface area (Å²) in [5.74, 6) is 0. The van der Waals surface area contributed by atoms with Crippen molar-refractivity contribution < 1.29 is 13.5 Å². The Morgan fingerprint density at radius 3 is 2.19 bits per heavy atom. The van der Waals surface area contributed by atoms with Gasteiger partial charge in [-0.15, -0.1) is 0 Å². The van der Waals surface area contributed by atoms with Crippen LogP contribution in [0, 0.1) is 0 Å². The highest BCUT2D eigenvalue weighted by molar-refractivity contribution is 7.92. The molecule has 0 bridgehead atoms. The van der Waals surface area contributed by atoms with E-state index in [0.29, 0.717) is 11.3 Å². The molecule has 0 saturated heterocycles. The molecule has 1 rings (SSSR count). The van der Waals surface area contributed by atoms with Gasteiger partial charge in [-0.2, -0.15) is 0 Å². The summed E-state index contributed by atoms with van der Waals surface area (Å²) in [6.45, 7) is 3.78. The SMILES string of the molecule is CCCCCCCC[C@H](O)[C@H](C)S(=O)(=O)c1ccccc1. The number of hydrogen-bond donors (Lipinski definition) is 1. The summed E-state index contributed by atoms with van der Waals surface area (Å²) >= 11 is 0. The lowest BCUT2D eigenvalue weighted by Crippen LogP contribution is -2.31. The highest BCUT2D eigenvalue weighted by Crippen LogP contribution is 2.21. The number of benzene rings is 1. The van der Waals surface area contributed by atoms with Crippen molar-refractivity contribution in [3.63, 3.8) is 0 Å². The van der Waals surface area contributed by atoms with E-state index in [0.717, 1.165) is 12.8 Å². The summed E-state index contributed by atoms with van der Waals surface area (Å²) in [4.78, 5) is 0.291. The van der Waals surface area contributed by atoms with Crippen LogP contribution in [0.15, 0.2) is 35.2 Å². The van der Waals surface area contributed by atoms with Gasteiger partial charge in [0.05, 0.1) is 16.2 Å². The maximum atomic E-state index is 12.4. The van der Waals surface area contributed by atoms with Crippen LogP contribution in [0.2, 0.25) is 0 Å². The maximum Gasteiger partial charge on any atom is 0.183 e. The monoisotopic (exact) mass is 312 g/mol. The fourth-order valence-electron chi connectivity index (χ4n) is 2.40. The first kappa shape index (κ1) is 18.2. The van der Waals surface area contributed by atoms with Gasteiger partial charge in [-0.3, -0.25) is 0 Å². The molecule has 4 heteroatoms. The van der Waals surface area contributed by atoms with Crippen molar-refractivity contribution in [2.45, 2.75) is 75.0 Å². The molecule has 0 spiro atoms. The van der Waals surface area contributed by atoms with Crippen molar-refractivity contribution in [3.05, 3.63) is 30.3 Å². The third kappa shape index (κ3) is 5.79. The molecule has 0 amide bonds. The zero-order chi connectivity index (χ0) is 15.7. The van der Waals surface area contributed by atoms with Crippen molar-refractivity contribution in [1.82, 2.24) is 0 Å². The van der Waals surface area contributed by atoms with Gasteiger partial charge in [0, 0.05) is 0 Å². The molecule has 0 fully saturated rings. The minimum Gasteiger partial charge on any atom is -0.392 e. The van der Waals surface area contributed by atoms with E-state index in [2.05, 4.69) is 6.92 Å². The number of hydrogen-bond acceptors (Lipinski definition) is 3. The molecule has 0 aliphatic rings. The number of sulfone groups is 1. The lowest BCUT2D eigenvalue weighted by molar-refractivity contribution is 0.158. The van der Waals surface area contributed by atoms with Crippen LogP contribution >= 0.6 is 0 Å². The van der Waals surface area contributed by atoms with Crippen LogP contribution < -0.4 is 0 Å². The van der Waals surface area contributed by atoms with E-state index >= 15 is 0 Å². The topological polar surface area (TPSA) is 54.4 Å². The van der Waals surface area contributed by atoms with Crippen molar-refractivity contribution in [1.29, 1.82) is 0 Å². The average molecular weight is 312 g/mol. The van der Waals surface area contributed by atoms with Crippen LogP contribution in [0.25, 0.3) is 0 Å². The van der Waals surface area contributed by atoms with E-state index in [1.54, 1.807) is 37.3 Å². The van der Waals surface area contributed by atoms with E-state index in [1.165, 1.54) is 25.7 Å². The Labute approximate surface area is 129 Å². The molecule has 3 nitrogen and oxygen atoms in total. The molecule has 1 aromatic rings. The van der Waals surface area contributed by atoms with E-state index in [4.69, 9.17) is 0 Å². The van der Waals surface area contributed by atoms with Gasteiger partial charge >= 0.3 is 0 Å². The number of unbranched alkanes of at least 4 members (excludes halogenated alkanes) is 5. The van der Waals surface area contributed by atoms with Gasteiger partial charge in [-0.25, -0.2) is 8.42 Å². The Hall–Kier alpha value is -0.870. The third-order valence-corrected chi connectivity index (χ3v) is 6.18. The quantitative estimate of drug-likeness (QED) is 0.665. The molecule has 0 aliphatic heterocycles. The first-order chi connectivity index (χ1) is 10.00. The Balaban J connectivity index is 2.45. The Kier molecular flexibility index (Phi) is 7.97. The van der Waals surface area contributed by atoms with Crippen molar-refractivity contribution in [2.24, 2.45) is 0 Å². The zero-order valence-corrected chi connectivity index (χ0v) is 14.0. The smallest absolute Gasteiger partial charge is 0.183 e. The predicted molar refractivity (Wildman–Crippen MR) is 87.1 cm³/mol. The van der Waals surface area contributed by atoms with E-state index < -0.39 is 21.2 Å². The second-order valence-electron chi connectivity index (χ2n) is 5.69. The van der Waals surface area contributed by atoms with Crippen molar-refractivity contribution in [2.75, 3.05) is 0 Å². The molecule has 0 radical (unpaired) electrons. The Morgan fingerprint density at radius 2 is 1.57 bits per heavy atom. The molecule has 0 unspecified atom stereocenters. The molecule has 21 heavy (non-hydrogen) atoms. The number of aliphatic hydroxyl groups is 1. The normalized spacial score (nSPS) is 14.8. The van der Waals surface area contributed by atoms with Crippen LogP contribution in [-0.2, 0) is 9.84 Å². The van der Waals surface area contributed by atoms with Gasteiger partial charge in [0.15, 0.2) is 9.84 Å². The maximum absolute atomic E-state index is 12.4. The van der Waals surface area contributed by atoms with Crippen LogP contribution in [0.1, 0.15) is 58.8 Å². The summed E-state index contributed by atoms with van der Waals surface area (Å²) in [5.41, 5.74) is 0. The Morgan fingerprint density at radius 1 is 1.00 bits per heavy atom. The molecule has 0 saturated carbocycles. The summed E-state index contributed by atoms with van der Waals surface area (Å²) in [6, 6.07) is 8.38. The van der Waals surface area contributed by atoms with Gasteiger partial charge in [0.25, 0.3) is 0 Å². The molecule has 2 atom stereocenters. The second kappa shape index (κ2) is 9.21. The highest BCUT2D eigenvalue weighted by atomic mass is 32.2. The minimum atomic E-state index is -3.44. The van der Waals surface area contributed by atoms with Gasteiger partial charge in [0.2, 0.25) is 0 Å². The lowest BCUT2D eigenvalue weighted by atomic mass is 10.1. The lowest BCUT2D eigenvalue weighted by Gasteiger charge is -2.19. The zero-order valence-electron chi connectivity index (χ0n) is 13.2. The van der Waals surface area contributed by atoms with E-state index in [1.807, 2.05) is 0 Å². The van der Waals surface area contributed by atoms with Gasteiger partial charge in [-0.1, -0.05) is 63.6 Å². The summed E-state index contributed by atoms with van der Waals surface area (Å²) in [6.07, 6.45) is 6.58. The summed E-state index contributed by atoms with van der Waals surface area (Å²) in [5, 5.41) is 9.38. The van der Waals surface area contributed by atoms with Crippen molar-refractivity contribution >= 4 is 9.84 Å². The van der Waals surface area contributed by atoms with E-state index in [9.17, 15) is 13.5 Å². The third-order valence-electron chi connectivity index (χ3n) is 3.96.